The molecule has 1 unspecified atom stereocenters. The van der Waals surface area contributed by atoms with Crippen LogP contribution in [0.3, 0.4) is 0 Å². The van der Waals surface area contributed by atoms with Crippen molar-refractivity contribution in [3.63, 3.8) is 0 Å². The van der Waals surface area contributed by atoms with Gasteiger partial charge in [0.25, 0.3) is 0 Å². The summed E-state index contributed by atoms with van der Waals surface area (Å²) < 4.78 is 18.6. The van der Waals surface area contributed by atoms with E-state index in [0.717, 1.165) is 44.0 Å². The molecule has 2 aromatic rings. The third kappa shape index (κ3) is 5.74. The van der Waals surface area contributed by atoms with Crippen LogP contribution in [-0.2, 0) is 4.79 Å². The Kier molecular flexibility index (Phi) is 7.85. The second kappa shape index (κ2) is 10.8. The Morgan fingerprint density at radius 2 is 1.84 bits per heavy atom. The molecule has 1 amide bonds. The minimum atomic E-state index is -0.351. The molecule has 1 saturated heterocycles. The van der Waals surface area contributed by atoms with E-state index in [1.165, 1.54) is 12.1 Å². The highest BCUT2D eigenvalue weighted by molar-refractivity contribution is 5.97. The Morgan fingerprint density at radius 1 is 1.13 bits per heavy atom. The van der Waals surface area contributed by atoms with E-state index in [1.807, 2.05) is 19.1 Å². The van der Waals surface area contributed by atoms with Crippen LogP contribution in [0.1, 0.15) is 19.8 Å². The number of nitrogens with zero attached hydrogens (tertiary/aromatic N) is 4. The van der Waals surface area contributed by atoms with Crippen molar-refractivity contribution in [1.29, 1.82) is 5.26 Å². The fourth-order valence-electron chi connectivity index (χ4n) is 3.91. The average molecular weight is 425 g/mol. The van der Waals surface area contributed by atoms with E-state index in [1.54, 1.807) is 24.1 Å². The molecule has 0 bridgehead atoms. The minimum absolute atomic E-state index is 0.0697. The number of rotatable bonds is 7. The van der Waals surface area contributed by atoms with Gasteiger partial charge in [0.1, 0.15) is 11.6 Å². The van der Waals surface area contributed by atoms with Gasteiger partial charge in [0.2, 0.25) is 5.91 Å². The Labute approximate surface area is 183 Å². The number of hydrogen-bond acceptors (Lipinski definition) is 5. The van der Waals surface area contributed by atoms with E-state index >= 15 is 0 Å². The van der Waals surface area contributed by atoms with Crippen molar-refractivity contribution in [2.24, 2.45) is 0 Å². The lowest BCUT2D eigenvalue weighted by Crippen LogP contribution is -2.48. The first-order chi connectivity index (χ1) is 15.0. The predicted octanol–water partition coefficient (Wildman–Crippen LogP) is 3.68. The maximum absolute atomic E-state index is 13.3. The van der Waals surface area contributed by atoms with Crippen LogP contribution in [-0.4, -0.2) is 56.7 Å². The van der Waals surface area contributed by atoms with E-state index in [2.05, 4.69) is 28.0 Å². The van der Waals surface area contributed by atoms with Crippen LogP contribution < -0.4 is 14.5 Å². The van der Waals surface area contributed by atoms with Gasteiger partial charge in [-0.25, -0.2) is 4.39 Å². The highest BCUT2D eigenvalue weighted by atomic mass is 19.1. The van der Waals surface area contributed by atoms with Gasteiger partial charge in [0.15, 0.2) is 0 Å². The summed E-state index contributed by atoms with van der Waals surface area (Å²) in [6.07, 6.45) is 1.17. The number of nitriles is 1. The van der Waals surface area contributed by atoms with Gasteiger partial charge in [-0.15, -0.1) is 0 Å². The van der Waals surface area contributed by atoms with Gasteiger partial charge in [-0.2, -0.15) is 5.26 Å². The molecule has 0 radical (unpaired) electrons. The van der Waals surface area contributed by atoms with Crippen LogP contribution in [0.25, 0.3) is 0 Å². The van der Waals surface area contributed by atoms with Gasteiger partial charge in [-0.1, -0.05) is 0 Å². The second-order valence-electron chi connectivity index (χ2n) is 7.62. The number of amides is 1. The molecule has 164 valence electrons. The standard InChI is InChI=1S/C24H29FN4O2/c1-19(24(30)29(16-3-13-26)22-7-5-20(25)6-8-22)27-14-4-15-28(18-17-27)21-9-11-23(31-2)12-10-21/h5-12,19H,3-4,14-18H2,1-2H3. The molecule has 1 fully saturated rings. The minimum Gasteiger partial charge on any atom is -0.497 e. The highest BCUT2D eigenvalue weighted by Crippen LogP contribution is 2.22. The zero-order valence-corrected chi connectivity index (χ0v) is 18.1. The number of halogens is 1. The first kappa shape index (κ1) is 22.6. The summed E-state index contributed by atoms with van der Waals surface area (Å²) in [5.41, 5.74) is 1.76. The van der Waals surface area contributed by atoms with Crippen molar-refractivity contribution in [2.45, 2.75) is 25.8 Å². The van der Waals surface area contributed by atoms with Crippen molar-refractivity contribution < 1.29 is 13.9 Å². The highest BCUT2D eigenvalue weighted by Gasteiger charge is 2.28. The maximum atomic E-state index is 13.3. The SMILES string of the molecule is COc1ccc(N2CCCN(C(C)C(=O)N(CCC#N)c3ccc(F)cc3)CC2)cc1. The van der Waals surface area contributed by atoms with E-state index in [9.17, 15) is 9.18 Å². The lowest BCUT2D eigenvalue weighted by Gasteiger charge is -2.32. The van der Waals surface area contributed by atoms with Crippen LogP contribution in [0.15, 0.2) is 48.5 Å². The molecule has 3 rings (SSSR count). The van der Waals surface area contributed by atoms with Crippen molar-refractivity contribution in [1.82, 2.24) is 4.90 Å². The Hall–Kier alpha value is -3.11. The number of ether oxygens (including phenoxy) is 1. The van der Waals surface area contributed by atoms with E-state index < -0.39 is 0 Å². The fraction of sp³-hybridized carbons (Fsp3) is 0.417. The first-order valence-corrected chi connectivity index (χ1v) is 10.6. The smallest absolute Gasteiger partial charge is 0.244 e. The molecule has 1 atom stereocenters. The Bertz CT molecular complexity index is 895. The molecule has 0 N–H and O–H groups in total. The zero-order chi connectivity index (χ0) is 22.2. The van der Waals surface area contributed by atoms with Gasteiger partial charge in [0, 0.05) is 44.1 Å². The molecule has 7 heteroatoms. The van der Waals surface area contributed by atoms with Crippen LogP contribution in [0.4, 0.5) is 15.8 Å². The second-order valence-corrected chi connectivity index (χ2v) is 7.62. The number of carbonyl (C=O) groups is 1. The van der Waals surface area contributed by atoms with Crippen molar-refractivity contribution in [3.8, 4) is 11.8 Å². The Balaban J connectivity index is 1.68. The molecule has 0 aliphatic carbocycles. The van der Waals surface area contributed by atoms with Gasteiger partial charge in [-0.3, -0.25) is 9.69 Å². The summed E-state index contributed by atoms with van der Waals surface area (Å²) >= 11 is 0. The third-order valence-electron chi connectivity index (χ3n) is 5.72. The average Bonchev–Trinajstić information content (AvgIpc) is 3.06. The molecular weight excluding hydrogens is 395 g/mol. The predicted molar refractivity (Wildman–Crippen MR) is 120 cm³/mol. The number of hydrogen-bond donors (Lipinski definition) is 0. The van der Waals surface area contributed by atoms with Crippen LogP contribution in [0.5, 0.6) is 5.75 Å². The van der Waals surface area contributed by atoms with Crippen LogP contribution >= 0.6 is 0 Å². The van der Waals surface area contributed by atoms with Crippen LogP contribution in [0, 0.1) is 17.1 Å². The molecule has 0 aromatic heterocycles. The molecule has 0 spiro atoms. The summed E-state index contributed by atoms with van der Waals surface area (Å²) in [6, 6.07) is 15.6. The summed E-state index contributed by atoms with van der Waals surface area (Å²) in [5, 5.41) is 9.01. The van der Waals surface area contributed by atoms with Crippen molar-refractivity contribution in [3.05, 3.63) is 54.3 Å². The quantitative estimate of drug-likeness (QED) is 0.679. The summed E-state index contributed by atoms with van der Waals surface area (Å²) in [6.45, 7) is 5.51. The zero-order valence-electron chi connectivity index (χ0n) is 18.1. The number of anilines is 2. The summed E-state index contributed by atoms with van der Waals surface area (Å²) in [7, 11) is 1.66. The number of methoxy groups -OCH3 is 1. The van der Waals surface area contributed by atoms with E-state index in [4.69, 9.17) is 10.00 Å². The molecule has 1 aliphatic heterocycles. The van der Waals surface area contributed by atoms with Gasteiger partial charge < -0.3 is 14.5 Å². The summed E-state index contributed by atoms with van der Waals surface area (Å²) in [5.74, 6) is 0.410. The number of benzene rings is 2. The molecule has 2 aromatic carbocycles. The molecule has 6 nitrogen and oxygen atoms in total. The molecule has 1 heterocycles. The van der Waals surface area contributed by atoms with Crippen molar-refractivity contribution in [2.75, 3.05) is 49.6 Å². The van der Waals surface area contributed by atoms with E-state index in [0.29, 0.717) is 5.69 Å². The Morgan fingerprint density at radius 3 is 2.48 bits per heavy atom. The summed E-state index contributed by atoms with van der Waals surface area (Å²) in [4.78, 5) is 19.4. The van der Waals surface area contributed by atoms with Crippen molar-refractivity contribution >= 4 is 17.3 Å². The van der Waals surface area contributed by atoms with Gasteiger partial charge in [-0.05, 0) is 61.9 Å². The lowest BCUT2D eigenvalue weighted by molar-refractivity contribution is -0.123. The third-order valence-corrected chi connectivity index (χ3v) is 5.72. The van der Waals surface area contributed by atoms with Gasteiger partial charge >= 0.3 is 0 Å². The van der Waals surface area contributed by atoms with E-state index in [-0.39, 0.29) is 30.7 Å². The first-order valence-electron chi connectivity index (χ1n) is 10.6. The fourth-order valence-corrected chi connectivity index (χ4v) is 3.91. The molecular formula is C24H29FN4O2. The van der Waals surface area contributed by atoms with Crippen LogP contribution in [0.2, 0.25) is 0 Å². The maximum Gasteiger partial charge on any atom is 0.244 e. The number of carbonyl (C=O) groups excluding carboxylic acids is 1. The largest absolute Gasteiger partial charge is 0.497 e. The monoisotopic (exact) mass is 424 g/mol. The molecule has 31 heavy (non-hydrogen) atoms. The van der Waals surface area contributed by atoms with Gasteiger partial charge in [0.05, 0.1) is 25.6 Å². The molecule has 0 saturated carbocycles. The normalized spacial score (nSPS) is 15.6. The topological polar surface area (TPSA) is 59.8 Å². The molecule has 1 aliphatic rings. The lowest BCUT2D eigenvalue weighted by atomic mass is 10.2.